The number of amides is 2. The Morgan fingerprint density at radius 3 is 2.86 bits per heavy atom. The maximum atomic E-state index is 11.8. The summed E-state index contributed by atoms with van der Waals surface area (Å²) in [5, 5.41) is 5.43. The molecule has 0 aliphatic rings. The van der Waals surface area contributed by atoms with E-state index in [4.69, 9.17) is 0 Å². The van der Waals surface area contributed by atoms with Crippen LogP contribution in [0.4, 0.5) is 10.5 Å². The van der Waals surface area contributed by atoms with E-state index in [1.165, 1.54) is 0 Å². The number of benzene rings is 2. The molecular weight excluding hydrogens is 264 g/mol. The van der Waals surface area contributed by atoms with Gasteiger partial charge in [-0.2, -0.15) is 0 Å². The molecule has 0 radical (unpaired) electrons. The molecule has 1 aromatic heterocycles. The molecule has 3 N–H and O–H groups in total. The van der Waals surface area contributed by atoms with Gasteiger partial charge in [-0.3, -0.25) is 0 Å². The van der Waals surface area contributed by atoms with Gasteiger partial charge in [0.2, 0.25) is 0 Å². The van der Waals surface area contributed by atoms with Crippen molar-refractivity contribution < 1.29 is 4.79 Å². The molecule has 3 rings (SSSR count). The van der Waals surface area contributed by atoms with Crippen LogP contribution in [0.2, 0.25) is 0 Å². The van der Waals surface area contributed by atoms with Gasteiger partial charge in [0.05, 0.1) is 17.4 Å². The molecule has 21 heavy (non-hydrogen) atoms. The van der Waals surface area contributed by atoms with Crippen molar-refractivity contribution in [2.45, 2.75) is 0 Å². The van der Waals surface area contributed by atoms with Crippen LogP contribution >= 0.6 is 0 Å². The van der Waals surface area contributed by atoms with Crippen LogP contribution in [0, 0.1) is 0 Å². The van der Waals surface area contributed by atoms with E-state index < -0.39 is 0 Å². The van der Waals surface area contributed by atoms with Crippen LogP contribution < -0.4 is 10.6 Å². The first-order valence-corrected chi connectivity index (χ1v) is 6.53. The zero-order chi connectivity index (χ0) is 14.5. The highest BCUT2D eigenvalue weighted by molar-refractivity contribution is 5.92. The van der Waals surface area contributed by atoms with Crippen molar-refractivity contribution in [1.29, 1.82) is 0 Å². The maximum Gasteiger partial charge on any atom is 0.323 e. The standard InChI is InChI=1S/C16H14N4O/c21-16(17-9-8-12-4-2-1-3-5-12)20-13-6-7-14-15(10-13)19-11-18-14/h1-11H,(H,18,19)(H2,17,20,21)/b9-8+. The van der Waals surface area contributed by atoms with Crippen molar-refractivity contribution >= 4 is 28.8 Å². The monoisotopic (exact) mass is 278 g/mol. The fraction of sp³-hybridized carbons (Fsp3) is 0. The number of H-pyrrole nitrogens is 1. The third kappa shape index (κ3) is 3.27. The molecule has 2 amide bonds. The van der Waals surface area contributed by atoms with Crippen molar-refractivity contribution in [2.24, 2.45) is 0 Å². The summed E-state index contributed by atoms with van der Waals surface area (Å²) in [5.74, 6) is 0. The Morgan fingerprint density at radius 2 is 2.00 bits per heavy atom. The topological polar surface area (TPSA) is 69.8 Å². The van der Waals surface area contributed by atoms with Crippen molar-refractivity contribution in [3.63, 3.8) is 0 Å². The summed E-state index contributed by atoms with van der Waals surface area (Å²) in [4.78, 5) is 18.9. The van der Waals surface area contributed by atoms with Crippen molar-refractivity contribution in [2.75, 3.05) is 5.32 Å². The predicted octanol–water partition coefficient (Wildman–Crippen LogP) is 3.36. The lowest BCUT2D eigenvalue weighted by Crippen LogP contribution is -2.23. The number of urea groups is 1. The number of hydrogen-bond donors (Lipinski definition) is 3. The van der Waals surface area contributed by atoms with E-state index in [0.29, 0.717) is 5.69 Å². The first-order chi connectivity index (χ1) is 10.3. The Hall–Kier alpha value is -3.08. The molecule has 5 nitrogen and oxygen atoms in total. The van der Waals surface area contributed by atoms with Crippen LogP contribution in [0.1, 0.15) is 5.56 Å². The number of aromatic amines is 1. The fourth-order valence-electron chi connectivity index (χ4n) is 1.96. The molecule has 0 atom stereocenters. The molecule has 0 saturated heterocycles. The molecule has 3 aromatic rings. The number of hydrogen-bond acceptors (Lipinski definition) is 2. The molecule has 1 heterocycles. The molecule has 0 bridgehead atoms. The van der Waals surface area contributed by atoms with Crippen molar-refractivity contribution in [1.82, 2.24) is 15.3 Å². The van der Waals surface area contributed by atoms with Gasteiger partial charge in [0.15, 0.2) is 0 Å². The Bertz CT molecular complexity index is 777. The van der Waals surface area contributed by atoms with Gasteiger partial charge in [-0.1, -0.05) is 30.3 Å². The summed E-state index contributed by atoms with van der Waals surface area (Å²) >= 11 is 0. The smallest absolute Gasteiger partial charge is 0.323 e. The van der Waals surface area contributed by atoms with E-state index in [-0.39, 0.29) is 6.03 Å². The van der Waals surface area contributed by atoms with E-state index in [2.05, 4.69) is 20.6 Å². The quantitative estimate of drug-likeness (QED) is 0.687. The number of imidazole rings is 1. The Labute approximate surface area is 121 Å². The summed E-state index contributed by atoms with van der Waals surface area (Å²) in [6, 6.07) is 15.0. The first kappa shape index (κ1) is 12.9. The van der Waals surface area contributed by atoms with Gasteiger partial charge in [0.1, 0.15) is 0 Å². The normalized spacial score (nSPS) is 10.9. The molecule has 0 unspecified atom stereocenters. The number of anilines is 1. The molecule has 104 valence electrons. The summed E-state index contributed by atoms with van der Waals surface area (Å²) in [6.45, 7) is 0. The first-order valence-electron chi connectivity index (χ1n) is 6.53. The number of carbonyl (C=O) groups excluding carboxylic acids is 1. The second-order valence-electron chi connectivity index (χ2n) is 4.48. The van der Waals surface area contributed by atoms with Crippen molar-refractivity contribution in [3.05, 3.63) is 66.6 Å². The van der Waals surface area contributed by atoms with Gasteiger partial charge in [0.25, 0.3) is 0 Å². The summed E-state index contributed by atoms with van der Waals surface area (Å²) in [6.07, 6.45) is 5.06. The van der Waals surface area contributed by atoms with E-state index in [0.717, 1.165) is 16.6 Å². The molecule has 0 aliphatic heterocycles. The second-order valence-corrected chi connectivity index (χ2v) is 4.48. The largest absolute Gasteiger partial charge is 0.345 e. The van der Waals surface area contributed by atoms with Gasteiger partial charge < -0.3 is 15.6 Å². The summed E-state index contributed by atoms with van der Waals surface area (Å²) in [7, 11) is 0. The SMILES string of the molecule is O=C(N/C=C/c1ccccc1)Nc1ccc2nc[nH]c2c1. The van der Waals surface area contributed by atoms with E-state index in [1.807, 2.05) is 54.6 Å². The molecular formula is C16H14N4O. The molecule has 2 aromatic carbocycles. The third-order valence-corrected chi connectivity index (χ3v) is 2.97. The number of nitrogens with zero attached hydrogens (tertiary/aromatic N) is 1. The van der Waals surface area contributed by atoms with Gasteiger partial charge in [0, 0.05) is 11.9 Å². The zero-order valence-corrected chi connectivity index (χ0v) is 11.2. The van der Waals surface area contributed by atoms with Crippen LogP contribution in [-0.4, -0.2) is 16.0 Å². The third-order valence-electron chi connectivity index (χ3n) is 2.97. The predicted molar refractivity (Wildman–Crippen MR) is 83.7 cm³/mol. The van der Waals surface area contributed by atoms with E-state index in [9.17, 15) is 4.79 Å². The van der Waals surface area contributed by atoms with Gasteiger partial charge in [-0.15, -0.1) is 0 Å². The molecule has 5 heteroatoms. The number of fused-ring (bicyclic) bond motifs is 1. The van der Waals surface area contributed by atoms with Crippen LogP contribution in [0.15, 0.2) is 61.1 Å². The lowest BCUT2D eigenvalue weighted by atomic mass is 10.2. The maximum absolute atomic E-state index is 11.8. The number of carbonyl (C=O) groups is 1. The average Bonchev–Trinajstić information content (AvgIpc) is 2.96. The lowest BCUT2D eigenvalue weighted by molar-refractivity contribution is 0.255. The van der Waals surface area contributed by atoms with Gasteiger partial charge >= 0.3 is 6.03 Å². The van der Waals surface area contributed by atoms with Crippen LogP contribution in [-0.2, 0) is 0 Å². The minimum Gasteiger partial charge on any atom is -0.345 e. The highest BCUT2D eigenvalue weighted by Gasteiger charge is 2.01. The van der Waals surface area contributed by atoms with Gasteiger partial charge in [-0.25, -0.2) is 9.78 Å². The van der Waals surface area contributed by atoms with Crippen LogP contribution in [0.3, 0.4) is 0 Å². The van der Waals surface area contributed by atoms with Crippen LogP contribution in [0.5, 0.6) is 0 Å². The Morgan fingerprint density at radius 1 is 1.14 bits per heavy atom. The van der Waals surface area contributed by atoms with Crippen LogP contribution in [0.25, 0.3) is 17.1 Å². The molecule has 0 fully saturated rings. The fourth-order valence-corrected chi connectivity index (χ4v) is 1.96. The Kier molecular flexibility index (Phi) is 3.64. The minimum atomic E-state index is -0.291. The number of aromatic nitrogens is 2. The van der Waals surface area contributed by atoms with E-state index in [1.54, 1.807) is 12.5 Å². The second kappa shape index (κ2) is 5.92. The highest BCUT2D eigenvalue weighted by Crippen LogP contribution is 2.15. The summed E-state index contributed by atoms with van der Waals surface area (Å²) in [5.41, 5.74) is 3.48. The van der Waals surface area contributed by atoms with E-state index >= 15 is 0 Å². The number of nitrogens with one attached hydrogen (secondary N) is 3. The lowest BCUT2D eigenvalue weighted by Gasteiger charge is -2.04. The van der Waals surface area contributed by atoms with Gasteiger partial charge in [-0.05, 0) is 29.8 Å². The molecule has 0 aliphatic carbocycles. The summed E-state index contributed by atoms with van der Waals surface area (Å²) < 4.78 is 0. The average molecular weight is 278 g/mol. The highest BCUT2D eigenvalue weighted by atomic mass is 16.2. The van der Waals surface area contributed by atoms with Crippen molar-refractivity contribution in [3.8, 4) is 0 Å². The number of rotatable bonds is 3. The zero-order valence-electron chi connectivity index (χ0n) is 11.2. The minimum absolute atomic E-state index is 0.291. The Balaban J connectivity index is 1.60. The molecule has 0 saturated carbocycles. The molecule has 0 spiro atoms.